The predicted molar refractivity (Wildman–Crippen MR) is 151 cm³/mol. The predicted octanol–water partition coefficient (Wildman–Crippen LogP) is 5.20. The number of amides is 2. The Balaban J connectivity index is 1.43. The van der Waals surface area contributed by atoms with Gasteiger partial charge in [-0.1, -0.05) is 24.3 Å². The fraction of sp³-hybridized carbons (Fsp3) is 0.393. The number of alkyl halides is 3. The van der Waals surface area contributed by atoms with Gasteiger partial charge in [0.1, 0.15) is 4.88 Å². The standard InChI is InChI=1S/C28H31F3N6O2S/c1-3-36-8-10-37(11-9-36)21-13-17(12-18(14-21)28(29,30)31)26(39)33-20-5-4-16(2)22(15-20)23-24(25(32)38)40-27(35-23)34-19-6-7-19/h4-5,12-15,19H,3,6-11H2,1-2H3,(H2,32,38)(H,33,39)(H,34,35). The van der Waals surface area contributed by atoms with Crippen LogP contribution in [-0.4, -0.2) is 60.5 Å². The van der Waals surface area contributed by atoms with Crippen LogP contribution in [0.5, 0.6) is 0 Å². The van der Waals surface area contributed by atoms with Crippen LogP contribution in [0, 0.1) is 6.92 Å². The minimum atomic E-state index is -4.60. The Hall–Kier alpha value is -3.64. The second-order valence-electron chi connectivity index (χ2n) is 10.2. The number of nitrogens with zero attached hydrogens (tertiary/aromatic N) is 3. The summed E-state index contributed by atoms with van der Waals surface area (Å²) in [5.74, 6) is -1.28. The number of likely N-dealkylation sites (N-methyl/N-ethyl adjacent to an activating group) is 1. The number of hydrogen-bond acceptors (Lipinski definition) is 7. The van der Waals surface area contributed by atoms with Gasteiger partial charge in [-0.3, -0.25) is 9.59 Å². The van der Waals surface area contributed by atoms with E-state index < -0.39 is 23.6 Å². The van der Waals surface area contributed by atoms with Gasteiger partial charge >= 0.3 is 6.18 Å². The number of aromatic nitrogens is 1. The summed E-state index contributed by atoms with van der Waals surface area (Å²) in [4.78, 5) is 34.4. The fourth-order valence-electron chi connectivity index (χ4n) is 4.70. The van der Waals surface area contributed by atoms with Crippen LogP contribution < -0.4 is 21.3 Å². The lowest BCUT2D eigenvalue weighted by atomic mass is 10.0. The van der Waals surface area contributed by atoms with Crippen molar-refractivity contribution in [1.29, 1.82) is 0 Å². The van der Waals surface area contributed by atoms with Gasteiger partial charge in [-0.05, 0) is 62.2 Å². The summed E-state index contributed by atoms with van der Waals surface area (Å²) in [5, 5.41) is 6.60. The van der Waals surface area contributed by atoms with E-state index >= 15 is 0 Å². The molecule has 40 heavy (non-hydrogen) atoms. The third-order valence-corrected chi connectivity index (χ3v) is 8.20. The highest BCUT2D eigenvalue weighted by molar-refractivity contribution is 7.18. The molecule has 1 aromatic heterocycles. The van der Waals surface area contributed by atoms with Crippen molar-refractivity contribution < 1.29 is 22.8 Å². The van der Waals surface area contributed by atoms with E-state index in [9.17, 15) is 22.8 Å². The number of nitrogens with two attached hydrogens (primary N) is 1. The summed E-state index contributed by atoms with van der Waals surface area (Å²) in [5.41, 5.74) is 7.21. The highest BCUT2D eigenvalue weighted by Crippen LogP contribution is 2.37. The van der Waals surface area contributed by atoms with E-state index in [4.69, 9.17) is 5.73 Å². The number of rotatable bonds is 8. The van der Waals surface area contributed by atoms with Crippen LogP contribution in [0.15, 0.2) is 36.4 Å². The Morgan fingerprint density at radius 3 is 2.45 bits per heavy atom. The van der Waals surface area contributed by atoms with Crippen LogP contribution in [-0.2, 0) is 6.18 Å². The number of primary amides is 1. The monoisotopic (exact) mass is 572 g/mol. The number of carbonyl (C=O) groups is 2. The molecule has 0 unspecified atom stereocenters. The lowest BCUT2D eigenvalue weighted by Gasteiger charge is -2.36. The minimum absolute atomic E-state index is 0.0905. The summed E-state index contributed by atoms with van der Waals surface area (Å²) < 4.78 is 41.4. The van der Waals surface area contributed by atoms with Gasteiger partial charge in [-0.15, -0.1) is 0 Å². The SMILES string of the molecule is CCN1CCN(c2cc(C(=O)Nc3ccc(C)c(-c4nc(NC5CC5)sc4C(N)=O)c3)cc(C(F)(F)F)c2)CC1. The molecule has 0 radical (unpaired) electrons. The van der Waals surface area contributed by atoms with Crippen molar-refractivity contribution in [3.05, 3.63) is 58.0 Å². The van der Waals surface area contributed by atoms with Gasteiger partial charge in [-0.2, -0.15) is 13.2 Å². The molecule has 1 saturated carbocycles. The van der Waals surface area contributed by atoms with Crippen molar-refractivity contribution in [2.24, 2.45) is 5.73 Å². The topological polar surface area (TPSA) is 104 Å². The Labute approximate surface area is 234 Å². The average molecular weight is 573 g/mol. The Bertz CT molecular complexity index is 1430. The summed E-state index contributed by atoms with van der Waals surface area (Å²) >= 11 is 1.18. The minimum Gasteiger partial charge on any atom is -0.369 e. The summed E-state index contributed by atoms with van der Waals surface area (Å²) in [6.07, 6.45) is -2.53. The Morgan fingerprint density at radius 2 is 1.82 bits per heavy atom. The Kier molecular flexibility index (Phi) is 7.74. The van der Waals surface area contributed by atoms with Crippen LogP contribution in [0.3, 0.4) is 0 Å². The molecule has 12 heteroatoms. The lowest BCUT2D eigenvalue weighted by Crippen LogP contribution is -2.46. The third kappa shape index (κ3) is 6.23. The van der Waals surface area contributed by atoms with Crippen LogP contribution >= 0.6 is 11.3 Å². The van der Waals surface area contributed by atoms with E-state index in [0.717, 1.165) is 50.2 Å². The Morgan fingerprint density at radius 1 is 1.10 bits per heavy atom. The van der Waals surface area contributed by atoms with Crippen molar-refractivity contribution in [1.82, 2.24) is 9.88 Å². The lowest BCUT2D eigenvalue weighted by molar-refractivity contribution is -0.137. The molecule has 0 spiro atoms. The molecule has 1 aliphatic carbocycles. The first-order valence-corrected chi connectivity index (χ1v) is 14.0. The molecule has 1 aliphatic heterocycles. The molecular formula is C28H31F3N6O2S. The average Bonchev–Trinajstić information content (AvgIpc) is 3.64. The van der Waals surface area contributed by atoms with Crippen LogP contribution in [0.4, 0.5) is 29.7 Å². The molecule has 2 aromatic carbocycles. The van der Waals surface area contributed by atoms with Gasteiger partial charge in [0.25, 0.3) is 11.8 Å². The number of aryl methyl sites for hydroxylation is 1. The van der Waals surface area contributed by atoms with E-state index in [1.807, 2.05) is 18.7 Å². The first-order valence-electron chi connectivity index (χ1n) is 13.2. The van der Waals surface area contributed by atoms with Crippen molar-refractivity contribution in [2.75, 3.05) is 48.3 Å². The van der Waals surface area contributed by atoms with Gasteiger partial charge in [0.15, 0.2) is 5.13 Å². The molecule has 3 aromatic rings. The maximum absolute atomic E-state index is 13.8. The summed E-state index contributed by atoms with van der Waals surface area (Å²) in [7, 11) is 0. The van der Waals surface area contributed by atoms with Crippen molar-refractivity contribution in [3.8, 4) is 11.3 Å². The van der Waals surface area contributed by atoms with Crippen molar-refractivity contribution >= 4 is 39.7 Å². The van der Waals surface area contributed by atoms with Gasteiger partial charge in [0, 0.05) is 54.7 Å². The largest absolute Gasteiger partial charge is 0.416 e. The molecule has 0 atom stereocenters. The molecule has 1 saturated heterocycles. The third-order valence-electron chi connectivity index (χ3n) is 7.20. The zero-order valence-corrected chi connectivity index (χ0v) is 23.1. The zero-order chi connectivity index (χ0) is 28.6. The maximum atomic E-state index is 13.8. The number of piperazine rings is 1. The summed E-state index contributed by atoms with van der Waals surface area (Å²) in [6.45, 7) is 7.39. The number of anilines is 3. The smallest absolute Gasteiger partial charge is 0.369 e. The number of nitrogens with one attached hydrogen (secondary N) is 2. The highest BCUT2D eigenvalue weighted by atomic mass is 32.1. The molecule has 0 bridgehead atoms. The quantitative estimate of drug-likeness (QED) is 0.343. The summed E-state index contributed by atoms with van der Waals surface area (Å²) in [6, 6.07) is 8.89. The van der Waals surface area contributed by atoms with Gasteiger partial charge in [-0.25, -0.2) is 4.98 Å². The number of carbonyl (C=O) groups excluding carboxylic acids is 2. The first kappa shape index (κ1) is 27.9. The molecular weight excluding hydrogens is 541 g/mol. The van der Waals surface area contributed by atoms with Gasteiger partial charge in [0.05, 0.1) is 11.3 Å². The molecule has 2 aliphatic rings. The van der Waals surface area contributed by atoms with E-state index in [1.165, 1.54) is 17.4 Å². The second-order valence-corrected chi connectivity index (χ2v) is 11.2. The van der Waals surface area contributed by atoms with E-state index in [1.54, 1.807) is 18.2 Å². The highest BCUT2D eigenvalue weighted by Gasteiger charge is 2.33. The van der Waals surface area contributed by atoms with Crippen LogP contribution in [0.1, 0.15) is 50.9 Å². The molecule has 2 fully saturated rings. The first-order chi connectivity index (χ1) is 19.0. The van der Waals surface area contributed by atoms with Crippen molar-refractivity contribution in [3.63, 3.8) is 0 Å². The molecule has 4 N–H and O–H groups in total. The van der Waals surface area contributed by atoms with Crippen molar-refractivity contribution in [2.45, 2.75) is 38.9 Å². The zero-order valence-electron chi connectivity index (χ0n) is 22.3. The molecule has 8 nitrogen and oxygen atoms in total. The number of benzene rings is 2. The van der Waals surface area contributed by atoms with Crippen LogP contribution in [0.2, 0.25) is 0 Å². The molecule has 2 heterocycles. The van der Waals surface area contributed by atoms with E-state index in [-0.39, 0.29) is 5.56 Å². The second kappa shape index (κ2) is 11.1. The van der Waals surface area contributed by atoms with E-state index in [2.05, 4.69) is 20.5 Å². The van der Waals surface area contributed by atoms with E-state index in [0.29, 0.717) is 51.8 Å². The van der Waals surface area contributed by atoms with Gasteiger partial charge in [0.2, 0.25) is 0 Å². The number of thiazole rings is 1. The normalized spacial score (nSPS) is 16.2. The molecule has 5 rings (SSSR count). The number of hydrogen-bond donors (Lipinski definition) is 3. The van der Waals surface area contributed by atoms with Crippen LogP contribution in [0.25, 0.3) is 11.3 Å². The maximum Gasteiger partial charge on any atom is 0.416 e. The molecule has 212 valence electrons. The fourth-order valence-corrected chi connectivity index (χ4v) is 5.61. The molecule has 2 amide bonds. The number of halogens is 3. The van der Waals surface area contributed by atoms with Gasteiger partial charge < -0.3 is 26.2 Å².